The van der Waals surface area contributed by atoms with Crippen LogP contribution in [0.2, 0.25) is 0 Å². The van der Waals surface area contributed by atoms with Crippen LogP contribution in [-0.4, -0.2) is 67.7 Å². The molecule has 2 saturated heterocycles. The topological polar surface area (TPSA) is 56.1 Å². The molecule has 0 aromatic heterocycles. The van der Waals surface area contributed by atoms with Gasteiger partial charge in [0.2, 0.25) is 0 Å². The molecule has 0 saturated carbocycles. The lowest BCUT2D eigenvalue weighted by Gasteiger charge is -2.43. The minimum atomic E-state index is -0.573. The Labute approximate surface area is 203 Å². The minimum absolute atomic E-state index is 0. The lowest BCUT2D eigenvalue weighted by atomic mass is 10.0. The Kier molecular flexibility index (Phi) is 9.11. The maximum atomic E-state index is 11.2. The van der Waals surface area contributed by atoms with Crippen molar-refractivity contribution in [3.05, 3.63) is 60.2 Å². The van der Waals surface area contributed by atoms with Crippen LogP contribution in [0.25, 0.3) is 0 Å². The van der Waals surface area contributed by atoms with E-state index in [1.165, 1.54) is 43.7 Å². The van der Waals surface area contributed by atoms with Crippen molar-refractivity contribution in [3.8, 4) is 0 Å². The number of hydrogen-bond donors (Lipinski definition) is 2. The summed E-state index contributed by atoms with van der Waals surface area (Å²) in [5.74, 6) is 0. The molecule has 2 fully saturated rings. The molecule has 2 aliphatic heterocycles. The number of halogens is 1. The first-order valence-electron chi connectivity index (χ1n) is 11.2. The molecule has 2 amide bonds. The summed E-state index contributed by atoms with van der Waals surface area (Å²) in [6.45, 7) is 7.87. The van der Waals surface area contributed by atoms with Crippen LogP contribution in [0.1, 0.15) is 18.4 Å². The highest BCUT2D eigenvalue weighted by molar-refractivity contribution is 7.82. The molecule has 2 aromatic rings. The van der Waals surface area contributed by atoms with Crippen LogP contribution >= 0.6 is 25.2 Å². The quantitative estimate of drug-likeness (QED) is 0.626. The van der Waals surface area contributed by atoms with E-state index >= 15 is 0 Å². The summed E-state index contributed by atoms with van der Waals surface area (Å²) in [5.41, 5.74) is 8.59. The summed E-state index contributed by atoms with van der Waals surface area (Å²) in [7, 11) is 0. The van der Waals surface area contributed by atoms with Crippen molar-refractivity contribution in [2.45, 2.75) is 25.3 Å². The fourth-order valence-corrected chi connectivity index (χ4v) is 4.85. The van der Waals surface area contributed by atoms with Gasteiger partial charge in [-0.25, -0.2) is 9.10 Å². The van der Waals surface area contributed by atoms with E-state index in [1.54, 1.807) is 0 Å². The SMILES string of the molecule is Cl.NC(=O)N(S)c1ccc(N2CCN(C3CCN(CCc4ccccc4)CC3)CC2)cc1. The summed E-state index contributed by atoms with van der Waals surface area (Å²) in [6, 6.07) is 18.8. The first kappa shape index (κ1) is 24.7. The molecule has 2 aromatic carbocycles. The maximum absolute atomic E-state index is 11.2. The van der Waals surface area contributed by atoms with Crippen molar-refractivity contribution in [2.24, 2.45) is 5.73 Å². The Morgan fingerprint density at radius 3 is 2.16 bits per heavy atom. The van der Waals surface area contributed by atoms with E-state index in [0.29, 0.717) is 11.7 Å². The molecule has 6 nitrogen and oxygen atoms in total. The molecule has 0 aliphatic carbocycles. The Bertz CT molecular complexity index is 837. The van der Waals surface area contributed by atoms with Gasteiger partial charge in [-0.1, -0.05) is 43.1 Å². The van der Waals surface area contributed by atoms with Gasteiger partial charge in [-0.15, -0.1) is 12.4 Å². The van der Waals surface area contributed by atoms with Gasteiger partial charge in [0, 0.05) is 44.5 Å². The highest BCUT2D eigenvalue weighted by Gasteiger charge is 2.27. The number of carbonyl (C=O) groups is 1. The van der Waals surface area contributed by atoms with E-state index in [0.717, 1.165) is 36.9 Å². The fourth-order valence-electron chi connectivity index (χ4n) is 4.72. The van der Waals surface area contributed by atoms with Crippen molar-refractivity contribution in [1.82, 2.24) is 9.80 Å². The number of piperazine rings is 1. The molecule has 2 heterocycles. The number of likely N-dealkylation sites (tertiary alicyclic amines) is 1. The number of piperidine rings is 1. The van der Waals surface area contributed by atoms with Crippen LogP contribution in [0.15, 0.2) is 54.6 Å². The molecule has 0 atom stereocenters. The smallest absolute Gasteiger partial charge is 0.329 e. The van der Waals surface area contributed by atoms with Crippen LogP contribution in [-0.2, 0) is 6.42 Å². The van der Waals surface area contributed by atoms with Crippen LogP contribution in [0.3, 0.4) is 0 Å². The molecule has 174 valence electrons. The van der Waals surface area contributed by atoms with Crippen molar-refractivity contribution in [3.63, 3.8) is 0 Å². The lowest BCUT2D eigenvalue weighted by Crippen LogP contribution is -2.53. The molecule has 0 unspecified atom stereocenters. The third-order valence-electron chi connectivity index (χ3n) is 6.62. The fraction of sp³-hybridized carbons (Fsp3) is 0.458. The van der Waals surface area contributed by atoms with Gasteiger partial charge in [-0.05, 0) is 62.2 Å². The number of primary amides is 1. The zero-order valence-electron chi connectivity index (χ0n) is 18.5. The Balaban J connectivity index is 0.00000289. The predicted octanol–water partition coefficient (Wildman–Crippen LogP) is 3.67. The van der Waals surface area contributed by atoms with Crippen molar-refractivity contribution >= 4 is 42.6 Å². The number of rotatable bonds is 6. The number of amides is 2. The van der Waals surface area contributed by atoms with Gasteiger partial charge in [-0.3, -0.25) is 4.90 Å². The Morgan fingerprint density at radius 1 is 0.938 bits per heavy atom. The predicted molar refractivity (Wildman–Crippen MR) is 138 cm³/mol. The van der Waals surface area contributed by atoms with Crippen molar-refractivity contribution in [2.75, 3.05) is 55.0 Å². The van der Waals surface area contributed by atoms with Crippen LogP contribution in [0.4, 0.5) is 16.2 Å². The van der Waals surface area contributed by atoms with Crippen LogP contribution in [0.5, 0.6) is 0 Å². The van der Waals surface area contributed by atoms with E-state index < -0.39 is 6.03 Å². The molecule has 32 heavy (non-hydrogen) atoms. The standard InChI is InChI=1S/C24H33N5OS.ClH/c25-24(30)29(31)23-8-6-21(7-9-23)27-16-18-28(19-17-27)22-11-14-26(15-12-22)13-10-20-4-2-1-3-5-20;/h1-9,22,31H,10-19H2,(H2,25,30);1H. The first-order valence-corrected chi connectivity index (χ1v) is 11.6. The van der Waals surface area contributed by atoms with Gasteiger partial charge in [0.15, 0.2) is 0 Å². The number of nitrogens with two attached hydrogens (primary N) is 1. The molecular formula is C24H34ClN5OS. The largest absolute Gasteiger partial charge is 0.369 e. The molecule has 0 spiro atoms. The zero-order chi connectivity index (χ0) is 21.6. The first-order chi connectivity index (χ1) is 15.1. The second-order valence-corrected chi connectivity index (χ2v) is 8.90. The average molecular weight is 476 g/mol. The van der Waals surface area contributed by atoms with Crippen LogP contribution < -0.4 is 14.9 Å². The molecule has 8 heteroatoms. The summed E-state index contributed by atoms with van der Waals surface area (Å²) in [6.07, 6.45) is 3.69. The van der Waals surface area contributed by atoms with Crippen LogP contribution in [0, 0.1) is 0 Å². The molecule has 4 rings (SSSR count). The second kappa shape index (κ2) is 11.8. The third kappa shape index (κ3) is 6.32. The minimum Gasteiger partial charge on any atom is -0.369 e. The lowest BCUT2D eigenvalue weighted by molar-refractivity contribution is 0.104. The molecule has 0 bridgehead atoms. The van der Waals surface area contributed by atoms with E-state index in [4.69, 9.17) is 5.73 Å². The van der Waals surface area contributed by atoms with Gasteiger partial charge >= 0.3 is 6.03 Å². The van der Waals surface area contributed by atoms with Crippen molar-refractivity contribution in [1.29, 1.82) is 0 Å². The number of carbonyl (C=O) groups excluding carboxylic acids is 1. The maximum Gasteiger partial charge on any atom is 0.329 e. The Hall–Kier alpha value is -1.93. The second-order valence-electron chi connectivity index (χ2n) is 8.50. The zero-order valence-corrected chi connectivity index (χ0v) is 20.2. The summed E-state index contributed by atoms with van der Waals surface area (Å²) in [5, 5.41) is 0. The van der Waals surface area contributed by atoms with Crippen molar-refractivity contribution < 1.29 is 4.79 Å². The number of hydrogen-bond acceptors (Lipinski definition) is 5. The molecule has 2 N–H and O–H groups in total. The number of benzene rings is 2. The van der Waals surface area contributed by atoms with Gasteiger partial charge in [0.1, 0.15) is 0 Å². The Morgan fingerprint density at radius 2 is 1.56 bits per heavy atom. The summed E-state index contributed by atoms with van der Waals surface area (Å²) < 4.78 is 1.16. The van der Waals surface area contributed by atoms with E-state index in [-0.39, 0.29) is 12.4 Å². The highest BCUT2D eigenvalue weighted by atomic mass is 35.5. The van der Waals surface area contributed by atoms with E-state index in [9.17, 15) is 4.79 Å². The van der Waals surface area contributed by atoms with Gasteiger partial charge in [0.25, 0.3) is 0 Å². The molecule has 0 radical (unpaired) electrons. The summed E-state index contributed by atoms with van der Waals surface area (Å²) in [4.78, 5) is 19.0. The molecular weight excluding hydrogens is 442 g/mol. The number of anilines is 2. The summed E-state index contributed by atoms with van der Waals surface area (Å²) >= 11 is 4.12. The van der Waals surface area contributed by atoms with E-state index in [1.807, 2.05) is 24.3 Å². The van der Waals surface area contributed by atoms with Gasteiger partial charge in [-0.2, -0.15) is 0 Å². The molecule has 2 aliphatic rings. The normalized spacial score (nSPS) is 18.2. The average Bonchev–Trinajstić information content (AvgIpc) is 2.83. The van der Waals surface area contributed by atoms with Gasteiger partial charge in [0.05, 0.1) is 5.69 Å². The highest BCUT2D eigenvalue weighted by Crippen LogP contribution is 2.24. The monoisotopic (exact) mass is 475 g/mol. The third-order valence-corrected chi connectivity index (χ3v) is 7.04. The number of urea groups is 1. The van der Waals surface area contributed by atoms with E-state index in [2.05, 4.69) is 57.8 Å². The van der Waals surface area contributed by atoms with Gasteiger partial charge < -0.3 is 15.5 Å². The number of nitrogens with zero attached hydrogens (tertiary/aromatic N) is 4. The number of thiol groups is 1.